The maximum Gasteiger partial charge on any atom is 0.412 e. The van der Waals surface area contributed by atoms with Crippen molar-refractivity contribution in [1.29, 1.82) is 5.26 Å². The number of rotatable bonds is 28. The first kappa shape index (κ1) is 56.7. The average Bonchev–Trinajstić information content (AvgIpc) is 3.45. The van der Waals surface area contributed by atoms with Crippen molar-refractivity contribution in [2.75, 3.05) is 26.4 Å². The van der Waals surface area contributed by atoms with Gasteiger partial charge < -0.3 is 39.5 Å². The van der Waals surface area contributed by atoms with E-state index in [4.69, 9.17) is 24.2 Å². The molecule has 0 aromatic heterocycles. The molecule has 3 aliphatic rings. The number of benzene rings is 4. The molecule has 1 heterocycles. The number of carbonyl (C=O) groups excluding carboxylic acids is 2. The van der Waals surface area contributed by atoms with Gasteiger partial charge in [-0.3, -0.25) is 4.79 Å². The number of aliphatic hydroxyl groups excluding tert-OH is 2. The summed E-state index contributed by atoms with van der Waals surface area (Å²) in [6.07, 6.45) is 20.1. The van der Waals surface area contributed by atoms with Gasteiger partial charge >= 0.3 is 6.09 Å². The Labute approximate surface area is 446 Å². The van der Waals surface area contributed by atoms with Crippen LogP contribution in [0.15, 0.2) is 114 Å². The zero-order valence-corrected chi connectivity index (χ0v) is 45.1. The molecule has 402 valence electrons. The minimum atomic E-state index is -1.54. The lowest BCUT2D eigenvalue weighted by molar-refractivity contribution is -0.255. The molecule has 75 heavy (non-hydrogen) atoms. The van der Waals surface area contributed by atoms with E-state index >= 15 is 4.79 Å². The van der Waals surface area contributed by atoms with E-state index in [1.54, 1.807) is 36.4 Å². The van der Waals surface area contributed by atoms with Gasteiger partial charge in [-0.2, -0.15) is 5.26 Å². The Kier molecular flexibility index (Phi) is 20.9. The summed E-state index contributed by atoms with van der Waals surface area (Å²) in [6.45, 7) is 13.1. The van der Waals surface area contributed by atoms with Gasteiger partial charge in [0.1, 0.15) is 23.1 Å². The molecule has 4 aromatic carbocycles. The second-order valence-corrected chi connectivity index (χ2v) is 21.7. The number of carbonyl (C=O) groups is 2. The first-order valence-corrected chi connectivity index (χ1v) is 27.9. The summed E-state index contributed by atoms with van der Waals surface area (Å²) < 4.78 is 20.9. The van der Waals surface area contributed by atoms with Crippen LogP contribution in [0.5, 0.6) is 11.5 Å². The van der Waals surface area contributed by atoms with Gasteiger partial charge in [0.25, 0.3) is 5.91 Å². The van der Waals surface area contributed by atoms with Gasteiger partial charge in [0.05, 0.1) is 29.9 Å². The zero-order chi connectivity index (χ0) is 53.2. The third kappa shape index (κ3) is 14.5. The molecule has 4 aromatic rings. The molecule has 3 N–H and O–H groups in total. The first-order chi connectivity index (χ1) is 36.4. The lowest BCUT2D eigenvalue weighted by atomic mass is 9.55. The summed E-state index contributed by atoms with van der Waals surface area (Å²) in [6, 6.07) is 27.9. The van der Waals surface area contributed by atoms with Crippen molar-refractivity contribution in [2.45, 2.75) is 167 Å². The van der Waals surface area contributed by atoms with Crippen LogP contribution in [0.25, 0.3) is 10.8 Å². The van der Waals surface area contributed by atoms with Gasteiger partial charge in [-0.1, -0.05) is 137 Å². The van der Waals surface area contributed by atoms with Crippen molar-refractivity contribution < 1.29 is 38.9 Å². The minimum Gasteiger partial charge on any atom is -0.459 e. The van der Waals surface area contributed by atoms with Gasteiger partial charge in [-0.15, -0.1) is 6.58 Å². The highest BCUT2D eigenvalue weighted by molar-refractivity contribution is 6.03. The molecule has 6 unspecified atom stereocenters. The van der Waals surface area contributed by atoms with Gasteiger partial charge in [0.15, 0.2) is 0 Å². The molecule has 1 fully saturated rings. The highest BCUT2D eigenvalue weighted by atomic mass is 16.7. The average molecular weight is 1020 g/mol. The largest absolute Gasteiger partial charge is 0.459 e. The third-order valence-electron chi connectivity index (χ3n) is 15.2. The standard InChI is InChI=1S/C63H82N4O8/c1-6-8-9-10-11-12-13-14-15-20-36-65-61(71)73-50-34-35-56-54(41-50)58-52(29-19-22-38-69)48(25-18-21-37-68)40-53-55(66-75-62(3,4)5)42-57(63(74-56,59(53)58)72-39-7-2)67(60(70)47-32-30-45(43-64)31-33-47)44-49-27-23-26-46-24-16-17-28-51(46)49/h7,16-17,23-24,26-28,30-35,40-41,48,52,57-59,68-69H,2,6,8-15,18-22,25,29,36-39,42,44H2,1,3-5H3,(H,65,71). The van der Waals surface area contributed by atoms with Crippen LogP contribution in [0.3, 0.4) is 0 Å². The number of oxime groups is 1. The Balaban J connectivity index is 1.35. The van der Waals surface area contributed by atoms with Crippen LogP contribution in [0.4, 0.5) is 4.79 Å². The molecule has 0 radical (unpaired) electrons. The highest BCUT2D eigenvalue weighted by Crippen LogP contribution is 2.62. The zero-order valence-electron chi connectivity index (χ0n) is 45.1. The van der Waals surface area contributed by atoms with Crippen molar-refractivity contribution >= 4 is 28.5 Å². The number of amides is 2. The molecule has 2 amide bonds. The van der Waals surface area contributed by atoms with Crippen LogP contribution in [0, 0.1) is 29.1 Å². The number of aliphatic hydroxyl groups is 2. The third-order valence-corrected chi connectivity index (χ3v) is 15.2. The second kappa shape index (κ2) is 27.7. The van der Waals surface area contributed by atoms with Crippen LogP contribution < -0.4 is 14.8 Å². The number of nitriles is 1. The number of ether oxygens (including phenoxy) is 3. The van der Waals surface area contributed by atoms with E-state index in [9.17, 15) is 20.3 Å². The number of hydrogen-bond acceptors (Lipinski definition) is 10. The molecular weight excluding hydrogens is 941 g/mol. The predicted molar refractivity (Wildman–Crippen MR) is 297 cm³/mol. The summed E-state index contributed by atoms with van der Waals surface area (Å²) >= 11 is 0. The van der Waals surface area contributed by atoms with Gasteiger partial charge in [0.2, 0.25) is 5.79 Å². The van der Waals surface area contributed by atoms with Crippen LogP contribution >= 0.6 is 0 Å². The van der Waals surface area contributed by atoms with Crippen molar-refractivity contribution in [2.24, 2.45) is 22.9 Å². The molecule has 0 saturated heterocycles. The van der Waals surface area contributed by atoms with Crippen molar-refractivity contribution in [3.63, 3.8) is 0 Å². The quantitative estimate of drug-likeness (QED) is 0.0285. The summed E-state index contributed by atoms with van der Waals surface area (Å²) in [5, 5.41) is 40.0. The molecule has 6 atom stereocenters. The lowest BCUT2D eigenvalue weighted by Gasteiger charge is -2.60. The van der Waals surface area contributed by atoms with Gasteiger partial charge in [0, 0.05) is 49.8 Å². The normalized spacial score (nSPS) is 21.3. The number of nitrogens with one attached hydrogen (secondary N) is 1. The fourth-order valence-corrected chi connectivity index (χ4v) is 11.6. The highest BCUT2D eigenvalue weighted by Gasteiger charge is 2.65. The van der Waals surface area contributed by atoms with Gasteiger partial charge in [-0.05, 0) is 129 Å². The fraction of sp³-hybridized carbons (Fsp3) is 0.524. The van der Waals surface area contributed by atoms with E-state index < -0.39 is 29.4 Å². The molecule has 12 nitrogen and oxygen atoms in total. The predicted octanol–water partition coefficient (Wildman–Crippen LogP) is 13.5. The van der Waals surface area contributed by atoms with Crippen LogP contribution in [0.1, 0.15) is 170 Å². The Morgan fingerprint density at radius 3 is 2.27 bits per heavy atom. The van der Waals surface area contributed by atoms with E-state index in [0.717, 1.165) is 72.4 Å². The fourth-order valence-electron chi connectivity index (χ4n) is 11.6. The van der Waals surface area contributed by atoms with E-state index in [2.05, 4.69) is 49.2 Å². The molecule has 0 spiro atoms. The topological polar surface area (TPSA) is 163 Å². The first-order valence-electron chi connectivity index (χ1n) is 27.9. The monoisotopic (exact) mass is 1020 g/mol. The SMILES string of the molecule is C=CCOC12Oc3ccc(OC(=O)NCCCCCCCCCCCC)cc3C3C(CCCCO)C(CCCCO)C=C(C(=NOC(C)(C)C)CC1N(Cc1cccc4ccccc14)C(=O)c1ccc(C#N)cc1)C32. The number of unbranched alkanes of at least 4 members (excludes halogenated alkanes) is 11. The van der Waals surface area contributed by atoms with Crippen molar-refractivity contribution in [3.05, 3.63) is 131 Å². The summed E-state index contributed by atoms with van der Waals surface area (Å²) in [5.74, 6) is -1.83. The van der Waals surface area contributed by atoms with Crippen LogP contribution in [-0.2, 0) is 16.1 Å². The molecule has 1 aliphatic heterocycles. The molecule has 0 bridgehead atoms. The number of allylic oxidation sites excluding steroid dienone is 1. The summed E-state index contributed by atoms with van der Waals surface area (Å²) in [7, 11) is 0. The van der Waals surface area contributed by atoms with E-state index in [1.807, 2.05) is 62.1 Å². The Hall–Kier alpha value is -6.00. The van der Waals surface area contributed by atoms with Crippen molar-refractivity contribution in [3.8, 4) is 17.6 Å². The van der Waals surface area contributed by atoms with E-state index in [0.29, 0.717) is 47.7 Å². The molecular formula is C63H82N4O8. The summed E-state index contributed by atoms with van der Waals surface area (Å²) in [5.41, 5.74) is 3.52. The number of hydrogen-bond donors (Lipinski definition) is 3. The van der Waals surface area contributed by atoms with Gasteiger partial charge in [-0.25, -0.2) is 4.79 Å². The van der Waals surface area contributed by atoms with Crippen LogP contribution in [-0.4, -0.2) is 76.6 Å². The Bertz CT molecular complexity index is 2610. The number of fused-ring (bicyclic) bond motifs is 3. The smallest absolute Gasteiger partial charge is 0.412 e. The maximum atomic E-state index is 15.7. The lowest BCUT2D eigenvalue weighted by Crippen LogP contribution is -2.70. The Morgan fingerprint density at radius 2 is 1.57 bits per heavy atom. The molecule has 2 aliphatic carbocycles. The number of nitrogens with zero attached hydrogens (tertiary/aromatic N) is 3. The molecule has 7 rings (SSSR count). The second-order valence-electron chi connectivity index (χ2n) is 21.7. The Morgan fingerprint density at radius 1 is 0.880 bits per heavy atom. The minimum absolute atomic E-state index is 0.00642. The van der Waals surface area contributed by atoms with E-state index in [-0.39, 0.29) is 56.4 Å². The maximum absolute atomic E-state index is 15.7. The molecule has 1 saturated carbocycles. The van der Waals surface area contributed by atoms with Crippen molar-refractivity contribution in [1.82, 2.24) is 10.2 Å². The molecule has 12 heteroatoms. The van der Waals surface area contributed by atoms with Crippen LogP contribution in [0.2, 0.25) is 0 Å². The van der Waals surface area contributed by atoms with E-state index in [1.165, 1.54) is 44.9 Å². The summed E-state index contributed by atoms with van der Waals surface area (Å²) in [4.78, 5) is 37.5.